The Balaban J connectivity index is 2.00. The van der Waals surface area contributed by atoms with Gasteiger partial charge in [0, 0.05) is 6.54 Å². The van der Waals surface area contributed by atoms with Gasteiger partial charge >= 0.3 is 0 Å². The lowest BCUT2D eigenvalue weighted by Crippen LogP contribution is -2.13. The molecule has 0 fully saturated rings. The molecule has 6 heteroatoms. The maximum atomic E-state index is 5.73. The fraction of sp³-hybridized carbons (Fsp3) is 0.467. The van der Waals surface area contributed by atoms with Crippen LogP contribution >= 0.6 is 0 Å². The van der Waals surface area contributed by atoms with Gasteiger partial charge in [-0.15, -0.1) is 0 Å². The molecule has 0 bridgehead atoms. The molecule has 2 aromatic rings. The van der Waals surface area contributed by atoms with Gasteiger partial charge in [0.1, 0.15) is 18.0 Å². The first-order valence-electron chi connectivity index (χ1n) is 7.03. The zero-order valence-electron chi connectivity index (χ0n) is 12.7. The van der Waals surface area contributed by atoms with Gasteiger partial charge in [-0.25, -0.2) is 4.63 Å². The molecule has 0 atom stereocenters. The Bertz CT molecular complexity index is 569. The lowest BCUT2D eigenvalue weighted by molar-refractivity contribution is 0.260. The van der Waals surface area contributed by atoms with Gasteiger partial charge in [-0.3, -0.25) is 0 Å². The van der Waals surface area contributed by atoms with Crippen molar-refractivity contribution in [1.29, 1.82) is 0 Å². The van der Waals surface area contributed by atoms with Crippen LogP contribution in [0, 0.1) is 6.92 Å². The second-order valence-electron chi connectivity index (χ2n) is 4.75. The number of rotatable bonds is 8. The molecule has 1 heterocycles. The van der Waals surface area contributed by atoms with Gasteiger partial charge in [0.05, 0.1) is 7.11 Å². The fourth-order valence-electron chi connectivity index (χ4n) is 1.88. The summed E-state index contributed by atoms with van der Waals surface area (Å²) in [6.07, 6.45) is 1.11. The Morgan fingerprint density at radius 3 is 2.76 bits per heavy atom. The van der Waals surface area contributed by atoms with Gasteiger partial charge in [-0.2, -0.15) is 0 Å². The van der Waals surface area contributed by atoms with Crippen molar-refractivity contribution in [2.24, 2.45) is 0 Å². The molecule has 0 unspecified atom stereocenters. The van der Waals surface area contributed by atoms with Gasteiger partial charge < -0.3 is 14.8 Å². The largest absolute Gasteiger partial charge is 0.493 e. The van der Waals surface area contributed by atoms with Crippen LogP contribution in [0.5, 0.6) is 11.5 Å². The van der Waals surface area contributed by atoms with Crippen LogP contribution in [0.2, 0.25) is 0 Å². The summed E-state index contributed by atoms with van der Waals surface area (Å²) in [7, 11) is 1.63. The van der Waals surface area contributed by atoms with Crippen LogP contribution in [-0.4, -0.2) is 24.0 Å². The number of methoxy groups -OCH3 is 1. The van der Waals surface area contributed by atoms with E-state index in [1.54, 1.807) is 7.11 Å². The lowest BCUT2D eigenvalue weighted by Gasteiger charge is -2.12. The number of nitrogens with one attached hydrogen (secondary N) is 1. The molecular weight excluding hydrogens is 270 g/mol. The zero-order chi connectivity index (χ0) is 15.1. The monoisotopic (exact) mass is 291 g/mol. The molecule has 0 aliphatic carbocycles. The number of aryl methyl sites for hydroxylation is 1. The highest BCUT2D eigenvalue weighted by atomic mass is 16.6. The van der Waals surface area contributed by atoms with Gasteiger partial charge in [-0.05, 0) is 37.6 Å². The highest BCUT2D eigenvalue weighted by Crippen LogP contribution is 2.28. The molecule has 0 spiro atoms. The number of nitrogens with zero attached hydrogens (tertiary/aromatic N) is 2. The van der Waals surface area contributed by atoms with E-state index in [1.807, 2.05) is 25.1 Å². The third-order valence-corrected chi connectivity index (χ3v) is 3.09. The van der Waals surface area contributed by atoms with Gasteiger partial charge in [0.15, 0.2) is 11.5 Å². The molecule has 1 aromatic heterocycles. The molecular formula is C15H21N3O3. The van der Waals surface area contributed by atoms with Crippen molar-refractivity contribution in [3.05, 3.63) is 35.2 Å². The Labute approximate surface area is 124 Å². The first-order chi connectivity index (χ1) is 10.2. The van der Waals surface area contributed by atoms with E-state index in [0.717, 1.165) is 30.8 Å². The van der Waals surface area contributed by atoms with Crippen molar-refractivity contribution in [2.45, 2.75) is 33.4 Å². The van der Waals surface area contributed by atoms with Gasteiger partial charge in [-0.1, -0.05) is 23.3 Å². The second kappa shape index (κ2) is 7.64. The van der Waals surface area contributed by atoms with E-state index >= 15 is 0 Å². The quantitative estimate of drug-likeness (QED) is 0.753. The average Bonchev–Trinajstić information content (AvgIpc) is 2.91. The average molecular weight is 291 g/mol. The topological polar surface area (TPSA) is 69.4 Å². The van der Waals surface area contributed by atoms with Crippen LogP contribution in [0.3, 0.4) is 0 Å². The van der Waals surface area contributed by atoms with Crippen molar-refractivity contribution < 1.29 is 14.1 Å². The normalized spacial score (nSPS) is 10.6. The van der Waals surface area contributed by atoms with Crippen LogP contribution in [0.25, 0.3) is 0 Å². The third kappa shape index (κ3) is 4.19. The van der Waals surface area contributed by atoms with Crippen molar-refractivity contribution in [3.8, 4) is 11.5 Å². The van der Waals surface area contributed by atoms with Crippen LogP contribution in [-0.2, 0) is 13.2 Å². The highest BCUT2D eigenvalue weighted by molar-refractivity contribution is 5.43. The molecule has 1 N–H and O–H groups in total. The minimum absolute atomic E-state index is 0.305. The number of ether oxygens (including phenoxy) is 2. The van der Waals surface area contributed by atoms with Crippen molar-refractivity contribution in [1.82, 2.24) is 15.6 Å². The van der Waals surface area contributed by atoms with E-state index in [4.69, 9.17) is 9.47 Å². The smallest absolute Gasteiger partial charge is 0.161 e. The molecule has 6 nitrogen and oxygen atoms in total. The Hall–Kier alpha value is -2.08. The molecule has 0 saturated heterocycles. The molecule has 21 heavy (non-hydrogen) atoms. The summed E-state index contributed by atoms with van der Waals surface area (Å²) in [6, 6.07) is 5.91. The molecule has 0 aliphatic heterocycles. The highest BCUT2D eigenvalue weighted by Gasteiger charge is 2.09. The van der Waals surface area contributed by atoms with Crippen molar-refractivity contribution in [2.75, 3.05) is 13.7 Å². The van der Waals surface area contributed by atoms with Gasteiger partial charge in [0.25, 0.3) is 0 Å². The molecule has 0 saturated carbocycles. The maximum Gasteiger partial charge on any atom is 0.161 e. The van der Waals surface area contributed by atoms with E-state index in [-0.39, 0.29) is 0 Å². The summed E-state index contributed by atoms with van der Waals surface area (Å²) < 4.78 is 15.8. The number of hydrogen-bond donors (Lipinski definition) is 1. The minimum Gasteiger partial charge on any atom is -0.493 e. The Kier molecular flexibility index (Phi) is 5.57. The Morgan fingerprint density at radius 2 is 2.10 bits per heavy atom. The Morgan fingerprint density at radius 1 is 1.24 bits per heavy atom. The summed E-state index contributed by atoms with van der Waals surface area (Å²) in [6.45, 7) is 6.09. The van der Waals surface area contributed by atoms with E-state index in [1.165, 1.54) is 0 Å². The van der Waals surface area contributed by atoms with Crippen LogP contribution in [0.15, 0.2) is 22.8 Å². The molecule has 0 aliphatic rings. The van der Waals surface area contributed by atoms with E-state index < -0.39 is 0 Å². The summed E-state index contributed by atoms with van der Waals surface area (Å²) >= 11 is 0. The van der Waals surface area contributed by atoms with Crippen molar-refractivity contribution in [3.63, 3.8) is 0 Å². The number of benzene rings is 1. The zero-order valence-corrected chi connectivity index (χ0v) is 12.7. The predicted molar refractivity (Wildman–Crippen MR) is 78.4 cm³/mol. The standard InChI is InChI=1S/C15H21N3O3/c1-4-7-16-9-12-5-6-14(15(8-12)19-3)20-10-13-11(2)17-21-18-13/h5-6,8,16H,4,7,9-10H2,1-3H3. The second-order valence-corrected chi connectivity index (χ2v) is 4.75. The summed E-state index contributed by atoms with van der Waals surface area (Å²) in [4.78, 5) is 0. The molecule has 2 rings (SSSR count). The minimum atomic E-state index is 0.305. The van der Waals surface area contributed by atoms with Crippen LogP contribution < -0.4 is 14.8 Å². The van der Waals surface area contributed by atoms with E-state index in [2.05, 4.69) is 27.2 Å². The first-order valence-corrected chi connectivity index (χ1v) is 7.03. The predicted octanol–water partition coefficient (Wildman–Crippen LogP) is 2.47. The van der Waals surface area contributed by atoms with Crippen molar-refractivity contribution >= 4 is 0 Å². The third-order valence-electron chi connectivity index (χ3n) is 3.09. The van der Waals surface area contributed by atoms with Crippen LogP contribution in [0.1, 0.15) is 30.3 Å². The summed E-state index contributed by atoms with van der Waals surface area (Å²) in [5.41, 5.74) is 2.58. The van der Waals surface area contributed by atoms with Gasteiger partial charge in [0.2, 0.25) is 0 Å². The fourth-order valence-corrected chi connectivity index (χ4v) is 1.88. The van der Waals surface area contributed by atoms with Crippen LogP contribution in [0.4, 0.5) is 0 Å². The SMILES string of the molecule is CCCNCc1ccc(OCc2nonc2C)c(OC)c1. The molecule has 0 radical (unpaired) electrons. The summed E-state index contributed by atoms with van der Waals surface area (Å²) in [5.74, 6) is 1.39. The maximum absolute atomic E-state index is 5.73. The first kappa shape index (κ1) is 15.3. The lowest BCUT2D eigenvalue weighted by atomic mass is 10.2. The molecule has 1 aromatic carbocycles. The number of hydrogen-bond acceptors (Lipinski definition) is 6. The number of aromatic nitrogens is 2. The summed E-state index contributed by atoms with van der Waals surface area (Å²) in [5, 5.41) is 10.9. The molecule has 114 valence electrons. The van der Waals surface area contributed by atoms with E-state index in [9.17, 15) is 0 Å². The van der Waals surface area contributed by atoms with E-state index in [0.29, 0.717) is 23.8 Å². The molecule has 0 amide bonds.